The summed E-state index contributed by atoms with van der Waals surface area (Å²) in [5, 5.41) is 2.95. The molecular formula is C15H16ClNO2S. The fourth-order valence-corrected chi connectivity index (χ4v) is 2.75. The Morgan fingerprint density at radius 3 is 2.55 bits per heavy atom. The molecule has 0 aliphatic carbocycles. The second-order valence-corrected chi connectivity index (χ2v) is 6.02. The minimum absolute atomic E-state index is 0.0703. The molecule has 5 heteroatoms. The number of benzene rings is 1. The number of thiophene rings is 1. The Morgan fingerprint density at radius 1 is 1.30 bits per heavy atom. The van der Waals surface area contributed by atoms with E-state index in [4.69, 9.17) is 16.3 Å². The maximum atomic E-state index is 12.0. The van der Waals surface area contributed by atoms with Gasteiger partial charge in [-0.3, -0.25) is 4.79 Å². The quantitative estimate of drug-likeness (QED) is 0.894. The van der Waals surface area contributed by atoms with E-state index in [-0.39, 0.29) is 11.9 Å². The van der Waals surface area contributed by atoms with Gasteiger partial charge in [-0.15, -0.1) is 11.3 Å². The third-order valence-electron chi connectivity index (χ3n) is 2.84. The molecule has 0 radical (unpaired) electrons. The summed E-state index contributed by atoms with van der Waals surface area (Å²) in [6.45, 7) is 4.54. The highest BCUT2D eigenvalue weighted by atomic mass is 35.5. The highest BCUT2D eigenvalue weighted by Crippen LogP contribution is 2.23. The molecule has 1 aromatic heterocycles. The molecule has 2 aromatic rings. The predicted octanol–water partition coefficient (Wildman–Crippen LogP) is 4.29. The molecule has 0 bridgehead atoms. The van der Waals surface area contributed by atoms with Crippen LogP contribution in [-0.4, -0.2) is 12.5 Å². The lowest BCUT2D eigenvalue weighted by Crippen LogP contribution is -2.25. The first-order valence-corrected chi connectivity index (χ1v) is 7.58. The normalized spacial score (nSPS) is 11.9. The van der Waals surface area contributed by atoms with Gasteiger partial charge in [0.1, 0.15) is 5.75 Å². The van der Waals surface area contributed by atoms with Crippen LogP contribution in [0.25, 0.3) is 0 Å². The van der Waals surface area contributed by atoms with Gasteiger partial charge in [-0.2, -0.15) is 0 Å². The molecule has 1 N–H and O–H groups in total. The number of amides is 1. The first-order chi connectivity index (χ1) is 9.60. The van der Waals surface area contributed by atoms with Crippen molar-refractivity contribution in [3.8, 4) is 5.75 Å². The zero-order valence-corrected chi connectivity index (χ0v) is 12.9. The van der Waals surface area contributed by atoms with E-state index in [0.717, 1.165) is 11.3 Å². The van der Waals surface area contributed by atoms with Crippen molar-refractivity contribution in [2.45, 2.75) is 19.9 Å². The summed E-state index contributed by atoms with van der Waals surface area (Å²) in [6.07, 6.45) is 0. The van der Waals surface area contributed by atoms with Gasteiger partial charge < -0.3 is 10.1 Å². The fourth-order valence-electron chi connectivity index (χ4n) is 1.81. The van der Waals surface area contributed by atoms with E-state index in [1.807, 2.05) is 38.1 Å². The van der Waals surface area contributed by atoms with E-state index in [1.165, 1.54) is 11.3 Å². The van der Waals surface area contributed by atoms with Gasteiger partial charge in [-0.1, -0.05) is 23.7 Å². The van der Waals surface area contributed by atoms with Crippen LogP contribution in [0.1, 0.15) is 35.1 Å². The third kappa shape index (κ3) is 3.74. The Morgan fingerprint density at radius 2 is 2.00 bits per heavy atom. The molecule has 0 aliphatic heterocycles. The molecule has 3 nitrogen and oxygen atoms in total. The zero-order valence-electron chi connectivity index (χ0n) is 11.4. The lowest BCUT2D eigenvalue weighted by atomic mass is 10.1. The number of halogens is 1. The molecule has 106 valence electrons. The van der Waals surface area contributed by atoms with Crippen molar-refractivity contribution in [2.75, 3.05) is 6.61 Å². The molecule has 1 heterocycles. The number of carbonyl (C=O) groups excluding carboxylic acids is 1. The molecule has 0 saturated carbocycles. The fraction of sp³-hybridized carbons (Fsp3) is 0.267. The largest absolute Gasteiger partial charge is 0.494 e. The monoisotopic (exact) mass is 309 g/mol. The van der Waals surface area contributed by atoms with Gasteiger partial charge in [0.15, 0.2) is 0 Å². The van der Waals surface area contributed by atoms with Crippen LogP contribution >= 0.6 is 22.9 Å². The molecule has 0 spiro atoms. The van der Waals surface area contributed by atoms with Crippen LogP contribution in [0.4, 0.5) is 0 Å². The molecule has 2 rings (SSSR count). The number of nitrogens with one attached hydrogen (secondary N) is 1. The molecule has 0 saturated heterocycles. The van der Waals surface area contributed by atoms with Gasteiger partial charge >= 0.3 is 0 Å². The minimum Gasteiger partial charge on any atom is -0.494 e. The Kier molecular flexibility index (Phi) is 5.04. The van der Waals surface area contributed by atoms with Gasteiger partial charge in [-0.05, 0) is 43.7 Å². The van der Waals surface area contributed by atoms with E-state index in [1.54, 1.807) is 12.1 Å². The summed E-state index contributed by atoms with van der Waals surface area (Å²) in [6, 6.07) is 11.1. The van der Waals surface area contributed by atoms with E-state index < -0.39 is 0 Å². The van der Waals surface area contributed by atoms with Crippen LogP contribution in [0.2, 0.25) is 4.34 Å². The Hall–Kier alpha value is -1.52. The van der Waals surface area contributed by atoms with Crippen molar-refractivity contribution in [3.63, 3.8) is 0 Å². The molecule has 20 heavy (non-hydrogen) atoms. The number of ether oxygens (including phenoxy) is 1. The topological polar surface area (TPSA) is 38.3 Å². The standard InChI is InChI=1S/C15H16ClNO2S/c1-3-19-12-6-4-11(5-7-12)10(2)17-15(18)13-8-9-14(16)20-13/h4-10H,3H2,1-2H3,(H,17,18). The number of carbonyl (C=O) groups is 1. The highest BCUT2D eigenvalue weighted by molar-refractivity contribution is 7.17. The van der Waals surface area contributed by atoms with Crippen molar-refractivity contribution in [1.82, 2.24) is 5.32 Å². The molecular weight excluding hydrogens is 294 g/mol. The van der Waals surface area contributed by atoms with Crippen LogP contribution in [0, 0.1) is 0 Å². The number of hydrogen-bond donors (Lipinski definition) is 1. The smallest absolute Gasteiger partial charge is 0.261 e. The molecule has 1 unspecified atom stereocenters. The molecule has 1 atom stereocenters. The van der Waals surface area contributed by atoms with Gasteiger partial charge in [-0.25, -0.2) is 0 Å². The van der Waals surface area contributed by atoms with E-state index in [9.17, 15) is 4.79 Å². The summed E-state index contributed by atoms with van der Waals surface area (Å²) < 4.78 is 6.01. The summed E-state index contributed by atoms with van der Waals surface area (Å²) in [5.41, 5.74) is 1.03. The second-order valence-electron chi connectivity index (χ2n) is 4.30. The van der Waals surface area contributed by atoms with E-state index >= 15 is 0 Å². The van der Waals surface area contributed by atoms with Gasteiger partial charge in [0, 0.05) is 0 Å². The first-order valence-electron chi connectivity index (χ1n) is 6.39. The Balaban J connectivity index is 2.00. The average molecular weight is 310 g/mol. The highest BCUT2D eigenvalue weighted by Gasteiger charge is 2.13. The summed E-state index contributed by atoms with van der Waals surface area (Å²) in [7, 11) is 0. The average Bonchev–Trinajstić information content (AvgIpc) is 2.86. The van der Waals surface area contributed by atoms with Crippen LogP contribution in [0.3, 0.4) is 0 Å². The maximum Gasteiger partial charge on any atom is 0.261 e. The van der Waals surface area contributed by atoms with Crippen molar-refractivity contribution in [3.05, 3.63) is 51.2 Å². The number of hydrogen-bond acceptors (Lipinski definition) is 3. The van der Waals surface area contributed by atoms with Crippen LogP contribution in [0.15, 0.2) is 36.4 Å². The van der Waals surface area contributed by atoms with Gasteiger partial charge in [0.2, 0.25) is 0 Å². The van der Waals surface area contributed by atoms with Crippen molar-refractivity contribution in [1.29, 1.82) is 0 Å². The summed E-state index contributed by atoms with van der Waals surface area (Å²) in [4.78, 5) is 12.6. The van der Waals surface area contributed by atoms with Crippen LogP contribution in [-0.2, 0) is 0 Å². The zero-order chi connectivity index (χ0) is 14.5. The molecule has 0 fully saturated rings. The Labute approximate surface area is 127 Å². The predicted molar refractivity (Wildman–Crippen MR) is 82.8 cm³/mol. The maximum absolute atomic E-state index is 12.0. The number of rotatable bonds is 5. The first kappa shape index (κ1) is 14.9. The summed E-state index contributed by atoms with van der Waals surface area (Å²) in [5.74, 6) is 0.725. The molecule has 1 aromatic carbocycles. The van der Waals surface area contributed by atoms with Crippen molar-refractivity contribution < 1.29 is 9.53 Å². The molecule has 0 aliphatic rings. The summed E-state index contributed by atoms with van der Waals surface area (Å²) >= 11 is 7.11. The lowest BCUT2D eigenvalue weighted by molar-refractivity contribution is 0.0944. The van der Waals surface area contributed by atoms with E-state index in [0.29, 0.717) is 15.8 Å². The van der Waals surface area contributed by atoms with Gasteiger partial charge in [0.25, 0.3) is 5.91 Å². The van der Waals surface area contributed by atoms with E-state index in [2.05, 4.69) is 5.32 Å². The lowest BCUT2D eigenvalue weighted by Gasteiger charge is -2.14. The minimum atomic E-state index is -0.108. The molecule has 1 amide bonds. The van der Waals surface area contributed by atoms with Crippen LogP contribution in [0.5, 0.6) is 5.75 Å². The van der Waals surface area contributed by atoms with Gasteiger partial charge in [0.05, 0.1) is 21.9 Å². The van der Waals surface area contributed by atoms with Crippen molar-refractivity contribution >= 4 is 28.8 Å². The Bertz CT molecular complexity index is 580. The second kappa shape index (κ2) is 6.77. The third-order valence-corrected chi connectivity index (χ3v) is 4.07. The van der Waals surface area contributed by atoms with Crippen LogP contribution < -0.4 is 10.1 Å². The SMILES string of the molecule is CCOc1ccc(C(C)NC(=O)c2ccc(Cl)s2)cc1. The van der Waals surface area contributed by atoms with Crippen molar-refractivity contribution in [2.24, 2.45) is 0 Å².